The molecular weight excluding hydrogens is 242 g/mol. The largest absolute Gasteiger partial charge is 0.392 e. The third-order valence-electron chi connectivity index (χ3n) is 4.77. The maximum atomic E-state index is 12.6. The van der Waals surface area contributed by atoms with Crippen LogP contribution in [-0.4, -0.2) is 47.3 Å². The number of hydrogen-bond donors (Lipinski definition) is 1. The number of carbonyl (C=O) groups is 1. The lowest BCUT2D eigenvalue weighted by Gasteiger charge is -2.44. The van der Waals surface area contributed by atoms with Gasteiger partial charge >= 0.3 is 0 Å². The molecule has 110 valence electrons. The molecule has 0 unspecified atom stereocenters. The summed E-state index contributed by atoms with van der Waals surface area (Å²) in [5.41, 5.74) is -0.799. The normalized spacial score (nSPS) is 32.0. The van der Waals surface area contributed by atoms with Crippen molar-refractivity contribution in [2.24, 2.45) is 5.41 Å². The molecule has 1 saturated carbocycles. The van der Waals surface area contributed by atoms with Crippen LogP contribution in [0.1, 0.15) is 52.9 Å². The molecule has 1 aliphatic heterocycles. The second-order valence-electron chi connectivity index (χ2n) is 6.54. The molecule has 0 aromatic heterocycles. The van der Waals surface area contributed by atoms with Gasteiger partial charge in [0.15, 0.2) is 0 Å². The number of nitrogens with zero attached hydrogens (tertiary/aromatic N) is 1. The van der Waals surface area contributed by atoms with Crippen molar-refractivity contribution < 1.29 is 14.6 Å². The number of carbonyl (C=O) groups excluding carboxylic acids is 1. The van der Waals surface area contributed by atoms with Gasteiger partial charge in [-0.1, -0.05) is 6.42 Å². The molecule has 0 aromatic carbocycles. The van der Waals surface area contributed by atoms with E-state index in [1.807, 2.05) is 25.7 Å². The molecule has 1 spiro atoms. The van der Waals surface area contributed by atoms with Crippen molar-refractivity contribution in [3.05, 3.63) is 0 Å². The van der Waals surface area contributed by atoms with Crippen molar-refractivity contribution >= 4 is 5.91 Å². The first-order valence-corrected chi connectivity index (χ1v) is 7.53. The summed E-state index contributed by atoms with van der Waals surface area (Å²) in [6, 6.07) is 0. The summed E-state index contributed by atoms with van der Waals surface area (Å²) in [6.45, 7) is 7.62. The molecule has 1 aliphatic carbocycles. The van der Waals surface area contributed by atoms with E-state index < -0.39 is 5.60 Å². The zero-order chi connectivity index (χ0) is 14.1. The van der Waals surface area contributed by atoms with Gasteiger partial charge in [-0.25, -0.2) is 0 Å². The van der Waals surface area contributed by atoms with Crippen LogP contribution in [0.3, 0.4) is 0 Å². The average Bonchev–Trinajstić information content (AvgIpc) is 2.70. The van der Waals surface area contributed by atoms with Gasteiger partial charge in [-0.3, -0.25) is 4.79 Å². The van der Waals surface area contributed by atoms with Crippen LogP contribution in [-0.2, 0) is 9.53 Å². The third kappa shape index (κ3) is 2.79. The van der Waals surface area contributed by atoms with Crippen molar-refractivity contribution in [2.45, 2.75) is 64.6 Å². The Hall–Kier alpha value is -0.610. The smallest absolute Gasteiger partial charge is 0.254 e. The maximum Gasteiger partial charge on any atom is 0.254 e. The number of piperidine rings is 1. The van der Waals surface area contributed by atoms with E-state index >= 15 is 0 Å². The number of amides is 1. The summed E-state index contributed by atoms with van der Waals surface area (Å²) in [7, 11) is 0. The highest BCUT2D eigenvalue weighted by Gasteiger charge is 2.47. The lowest BCUT2D eigenvalue weighted by molar-refractivity contribution is -0.158. The number of aliphatic hydroxyl groups excluding tert-OH is 1. The van der Waals surface area contributed by atoms with Crippen LogP contribution < -0.4 is 0 Å². The fourth-order valence-electron chi connectivity index (χ4n) is 3.73. The van der Waals surface area contributed by atoms with Crippen molar-refractivity contribution in [3.63, 3.8) is 0 Å². The van der Waals surface area contributed by atoms with E-state index in [1.165, 1.54) is 0 Å². The molecule has 0 bridgehead atoms. The van der Waals surface area contributed by atoms with E-state index in [4.69, 9.17) is 4.74 Å². The van der Waals surface area contributed by atoms with Crippen molar-refractivity contribution in [2.75, 3.05) is 19.7 Å². The monoisotopic (exact) mass is 269 g/mol. The Labute approximate surface area is 116 Å². The molecule has 2 atom stereocenters. The topological polar surface area (TPSA) is 49.8 Å². The minimum atomic E-state index is -0.753. The molecule has 1 N–H and O–H groups in total. The van der Waals surface area contributed by atoms with Gasteiger partial charge in [0.2, 0.25) is 0 Å². The highest BCUT2D eigenvalue weighted by atomic mass is 16.5. The fourth-order valence-corrected chi connectivity index (χ4v) is 3.73. The molecule has 0 radical (unpaired) electrons. The molecule has 1 saturated heterocycles. The Morgan fingerprint density at radius 1 is 1.42 bits per heavy atom. The number of rotatable bonds is 3. The lowest BCUT2D eigenvalue weighted by Crippen LogP contribution is -2.55. The summed E-state index contributed by atoms with van der Waals surface area (Å²) >= 11 is 0. The quantitative estimate of drug-likeness (QED) is 0.852. The van der Waals surface area contributed by atoms with E-state index in [-0.39, 0.29) is 17.4 Å². The third-order valence-corrected chi connectivity index (χ3v) is 4.77. The Bertz CT molecular complexity index is 342. The van der Waals surface area contributed by atoms with Crippen LogP contribution in [0.5, 0.6) is 0 Å². The van der Waals surface area contributed by atoms with Crippen LogP contribution in [0.4, 0.5) is 0 Å². The molecular formula is C15H27NO3. The van der Waals surface area contributed by atoms with Gasteiger partial charge in [-0.2, -0.15) is 0 Å². The van der Waals surface area contributed by atoms with Crippen molar-refractivity contribution in [3.8, 4) is 0 Å². The van der Waals surface area contributed by atoms with Crippen molar-refractivity contribution in [1.82, 2.24) is 4.90 Å². The second-order valence-corrected chi connectivity index (χ2v) is 6.54. The Balaban J connectivity index is 2.07. The van der Waals surface area contributed by atoms with Crippen LogP contribution in [0, 0.1) is 5.41 Å². The second kappa shape index (κ2) is 5.41. The predicted molar refractivity (Wildman–Crippen MR) is 73.8 cm³/mol. The predicted octanol–water partition coefficient (Wildman–Crippen LogP) is 1.96. The number of hydrogen-bond acceptors (Lipinski definition) is 3. The highest BCUT2D eigenvalue weighted by molar-refractivity contribution is 5.84. The first-order valence-electron chi connectivity index (χ1n) is 7.53. The number of ether oxygens (including phenoxy) is 1. The van der Waals surface area contributed by atoms with Crippen LogP contribution in [0.25, 0.3) is 0 Å². The van der Waals surface area contributed by atoms with Gasteiger partial charge in [-0.05, 0) is 46.5 Å². The standard InChI is InChI=1S/C15H27NO3/c1-4-19-14(2,3)13(18)16-10-6-9-15(11-16)8-5-7-12(15)17/h12,17H,4-11H2,1-3H3/t12-,15-/m1/s1. The van der Waals surface area contributed by atoms with Crippen molar-refractivity contribution in [1.29, 1.82) is 0 Å². The van der Waals surface area contributed by atoms with E-state index in [0.717, 1.165) is 38.6 Å². The minimum absolute atomic E-state index is 0.0454. The first-order chi connectivity index (χ1) is 8.91. The van der Waals surface area contributed by atoms with Gasteiger partial charge in [-0.15, -0.1) is 0 Å². The molecule has 2 aliphatic rings. The van der Waals surface area contributed by atoms with Gasteiger partial charge in [0, 0.05) is 25.1 Å². The minimum Gasteiger partial charge on any atom is -0.392 e. The summed E-state index contributed by atoms with van der Waals surface area (Å²) in [4.78, 5) is 14.5. The lowest BCUT2D eigenvalue weighted by atomic mass is 9.76. The van der Waals surface area contributed by atoms with Gasteiger partial charge < -0.3 is 14.7 Å². The summed E-state index contributed by atoms with van der Waals surface area (Å²) in [6.07, 6.45) is 4.82. The molecule has 2 rings (SSSR count). The molecule has 2 fully saturated rings. The molecule has 1 heterocycles. The molecule has 4 heteroatoms. The van der Waals surface area contributed by atoms with E-state index in [9.17, 15) is 9.90 Å². The van der Waals surface area contributed by atoms with Gasteiger partial charge in [0.1, 0.15) is 5.60 Å². The molecule has 19 heavy (non-hydrogen) atoms. The van der Waals surface area contributed by atoms with Crippen LogP contribution in [0.15, 0.2) is 0 Å². The fraction of sp³-hybridized carbons (Fsp3) is 0.933. The van der Waals surface area contributed by atoms with E-state index in [1.54, 1.807) is 0 Å². The maximum absolute atomic E-state index is 12.6. The van der Waals surface area contributed by atoms with E-state index in [2.05, 4.69) is 0 Å². The average molecular weight is 269 g/mol. The Morgan fingerprint density at radius 2 is 2.11 bits per heavy atom. The van der Waals surface area contributed by atoms with Gasteiger partial charge in [0.25, 0.3) is 5.91 Å². The van der Waals surface area contributed by atoms with Crippen LogP contribution in [0.2, 0.25) is 0 Å². The summed E-state index contributed by atoms with van der Waals surface area (Å²) in [5, 5.41) is 10.2. The summed E-state index contributed by atoms with van der Waals surface area (Å²) in [5.74, 6) is 0.0625. The zero-order valence-corrected chi connectivity index (χ0v) is 12.4. The summed E-state index contributed by atoms with van der Waals surface area (Å²) < 4.78 is 5.57. The zero-order valence-electron chi connectivity index (χ0n) is 12.4. The SMILES string of the molecule is CCOC(C)(C)C(=O)N1CCC[C@]2(CCC[C@H]2O)C1. The highest BCUT2D eigenvalue weighted by Crippen LogP contribution is 2.45. The number of aliphatic hydroxyl groups is 1. The molecule has 1 amide bonds. The van der Waals surface area contributed by atoms with E-state index in [0.29, 0.717) is 13.2 Å². The molecule has 4 nitrogen and oxygen atoms in total. The number of likely N-dealkylation sites (tertiary alicyclic amines) is 1. The molecule has 0 aromatic rings. The first kappa shape index (κ1) is 14.8. The van der Waals surface area contributed by atoms with Gasteiger partial charge in [0.05, 0.1) is 6.10 Å². The Kier molecular flexibility index (Phi) is 4.21. The Morgan fingerprint density at radius 3 is 2.68 bits per heavy atom. The van der Waals surface area contributed by atoms with Crippen LogP contribution >= 0.6 is 0 Å².